The van der Waals surface area contributed by atoms with E-state index in [-0.39, 0.29) is 30.3 Å². The van der Waals surface area contributed by atoms with Gasteiger partial charge >= 0.3 is 0 Å². The Hall–Kier alpha value is -3.63. The van der Waals surface area contributed by atoms with Crippen LogP contribution >= 0.6 is 0 Å². The summed E-state index contributed by atoms with van der Waals surface area (Å²) in [6, 6.07) is 10.6. The number of piperazine rings is 1. The Kier molecular flexibility index (Phi) is 7.52. The number of nitrogens with zero attached hydrogens (tertiary/aromatic N) is 5. The van der Waals surface area contributed by atoms with Crippen molar-refractivity contribution in [1.82, 2.24) is 24.8 Å². The van der Waals surface area contributed by atoms with Crippen LogP contribution in [-0.2, 0) is 9.59 Å². The van der Waals surface area contributed by atoms with E-state index in [4.69, 9.17) is 10.2 Å². The molecule has 1 saturated heterocycles. The lowest BCUT2D eigenvalue weighted by molar-refractivity contribution is -0.126. The maximum atomic E-state index is 12.9. The number of rotatable bonds is 8. The van der Waals surface area contributed by atoms with Crippen LogP contribution in [0.4, 0.5) is 5.82 Å². The molecule has 10 heteroatoms. The Morgan fingerprint density at radius 2 is 1.86 bits per heavy atom. The molecule has 0 aromatic carbocycles. The van der Waals surface area contributed by atoms with E-state index < -0.39 is 0 Å². The number of anilines is 1. The van der Waals surface area contributed by atoms with Crippen LogP contribution in [0.2, 0.25) is 0 Å². The maximum absolute atomic E-state index is 12.9. The van der Waals surface area contributed by atoms with Gasteiger partial charge in [0.15, 0.2) is 11.6 Å². The topological polar surface area (TPSA) is 130 Å². The summed E-state index contributed by atoms with van der Waals surface area (Å²) in [6.45, 7) is 8.75. The van der Waals surface area contributed by atoms with E-state index in [2.05, 4.69) is 30.1 Å². The third-order valence-corrected chi connectivity index (χ3v) is 5.97. The number of pyridine rings is 1. The molecular weight excluding hydrogens is 446 g/mol. The van der Waals surface area contributed by atoms with Gasteiger partial charge in [0.05, 0.1) is 24.0 Å². The van der Waals surface area contributed by atoms with Gasteiger partial charge in [-0.25, -0.2) is 9.97 Å². The van der Waals surface area contributed by atoms with Crippen LogP contribution in [0, 0.1) is 12.8 Å². The number of nitrogens with two attached hydrogens (primary N) is 1. The molecule has 3 N–H and O–H groups in total. The van der Waals surface area contributed by atoms with Gasteiger partial charge in [-0.3, -0.25) is 24.4 Å². The average molecular weight is 478 g/mol. The van der Waals surface area contributed by atoms with Crippen molar-refractivity contribution in [2.45, 2.75) is 26.8 Å². The molecule has 1 fully saturated rings. The molecule has 2 amide bonds. The zero-order valence-electron chi connectivity index (χ0n) is 20.3. The number of hydrogen-bond donors (Lipinski definition) is 2. The predicted molar refractivity (Wildman–Crippen MR) is 132 cm³/mol. The standard InChI is InChI=1S/C25H31N7O3/c1-16(2)23(24(26)34)32-12-10-31(11-13-32)15-22(33)29-21-14-19(18-6-4-5-9-27-18)28-25(30-21)20-8-7-17(3)35-20/h4-9,14,16,23H,10-13,15H2,1-3H3,(H2,26,34)(H,28,29,30,33). The molecule has 0 aliphatic carbocycles. The quantitative estimate of drug-likeness (QED) is 0.505. The van der Waals surface area contributed by atoms with Gasteiger partial charge in [-0.1, -0.05) is 19.9 Å². The molecule has 3 aromatic heterocycles. The summed E-state index contributed by atoms with van der Waals surface area (Å²) in [6.07, 6.45) is 1.69. The smallest absolute Gasteiger partial charge is 0.239 e. The zero-order valence-corrected chi connectivity index (χ0v) is 20.3. The number of hydrogen-bond acceptors (Lipinski definition) is 8. The van der Waals surface area contributed by atoms with Crippen LogP contribution in [-0.4, -0.2) is 75.3 Å². The van der Waals surface area contributed by atoms with Crippen LogP contribution < -0.4 is 11.1 Å². The first-order valence-corrected chi connectivity index (χ1v) is 11.7. The van der Waals surface area contributed by atoms with Gasteiger partial charge in [0.25, 0.3) is 0 Å². The van der Waals surface area contributed by atoms with Crippen LogP contribution in [0.15, 0.2) is 47.0 Å². The second kappa shape index (κ2) is 10.7. The van der Waals surface area contributed by atoms with Crippen molar-refractivity contribution in [3.63, 3.8) is 0 Å². The molecule has 0 saturated carbocycles. The fourth-order valence-corrected chi connectivity index (χ4v) is 4.34. The van der Waals surface area contributed by atoms with Crippen molar-refractivity contribution >= 4 is 17.6 Å². The normalized spacial score (nSPS) is 15.8. The van der Waals surface area contributed by atoms with E-state index in [1.54, 1.807) is 18.3 Å². The van der Waals surface area contributed by atoms with Gasteiger partial charge in [-0.05, 0) is 37.1 Å². The number of carbonyl (C=O) groups is 2. The molecule has 35 heavy (non-hydrogen) atoms. The van der Waals surface area contributed by atoms with Gasteiger partial charge < -0.3 is 15.5 Å². The minimum absolute atomic E-state index is 0.139. The molecule has 1 atom stereocenters. The Balaban J connectivity index is 1.45. The summed E-state index contributed by atoms with van der Waals surface area (Å²) in [5, 5.41) is 2.90. The molecule has 184 valence electrons. The second-order valence-electron chi connectivity index (χ2n) is 9.04. The monoisotopic (exact) mass is 477 g/mol. The summed E-state index contributed by atoms with van der Waals surface area (Å²) in [5.74, 6) is 1.66. The molecule has 10 nitrogen and oxygen atoms in total. The third kappa shape index (κ3) is 6.09. The van der Waals surface area contributed by atoms with Crippen molar-refractivity contribution in [3.05, 3.63) is 48.4 Å². The minimum atomic E-state index is -0.304. The molecule has 0 bridgehead atoms. The van der Waals surface area contributed by atoms with Crippen LogP contribution in [0.25, 0.3) is 23.0 Å². The lowest BCUT2D eigenvalue weighted by Crippen LogP contribution is -2.56. The lowest BCUT2D eigenvalue weighted by Gasteiger charge is -2.39. The molecule has 1 aliphatic heterocycles. The van der Waals surface area contributed by atoms with E-state index in [1.807, 2.05) is 45.0 Å². The van der Waals surface area contributed by atoms with E-state index in [0.29, 0.717) is 55.0 Å². The SMILES string of the molecule is Cc1ccc(-c2nc(NC(=O)CN3CCN(C(C(N)=O)C(C)C)CC3)cc(-c3ccccn3)n2)o1. The van der Waals surface area contributed by atoms with E-state index in [0.717, 1.165) is 5.76 Å². The number of aryl methyl sites for hydroxylation is 1. The highest BCUT2D eigenvalue weighted by molar-refractivity contribution is 5.92. The number of primary amides is 1. The highest BCUT2D eigenvalue weighted by Gasteiger charge is 2.30. The summed E-state index contributed by atoms with van der Waals surface area (Å²) in [7, 11) is 0. The van der Waals surface area contributed by atoms with Crippen molar-refractivity contribution in [2.75, 3.05) is 38.0 Å². The van der Waals surface area contributed by atoms with Crippen molar-refractivity contribution in [3.8, 4) is 23.0 Å². The molecule has 3 aromatic rings. The third-order valence-electron chi connectivity index (χ3n) is 5.97. The number of carbonyl (C=O) groups excluding carboxylic acids is 2. The van der Waals surface area contributed by atoms with E-state index in [1.165, 1.54) is 0 Å². The predicted octanol–water partition coefficient (Wildman–Crippen LogP) is 2.17. The highest BCUT2D eigenvalue weighted by Crippen LogP contribution is 2.24. The van der Waals surface area contributed by atoms with Crippen molar-refractivity contribution in [1.29, 1.82) is 0 Å². The maximum Gasteiger partial charge on any atom is 0.239 e. The van der Waals surface area contributed by atoms with Crippen molar-refractivity contribution < 1.29 is 14.0 Å². The van der Waals surface area contributed by atoms with Gasteiger partial charge in [-0.15, -0.1) is 0 Å². The summed E-state index contributed by atoms with van der Waals surface area (Å²) >= 11 is 0. The first-order chi connectivity index (χ1) is 16.8. The van der Waals surface area contributed by atoms with Gasteiger partial charge in [-0.2, -0.15) is 0 Å². The second-order valence-corrected chi connectivity index (χ2v) is 9.04. The molecule has 0 radical (unpaired) electrons. The largest absolute Gasteiger partial charge is 0.458 e. The Labute approximate surface area is 204 Å². The molecule has 4 rings (SSSR count). The molecule has 0 spiro atoms. The van der Waals surface area contributed by atoms with Crippen molar-refractivity contribution in [2.24, 2.45) is 11.7 Å². The Morgan fingerprint density at radius 1 is 1.09 bits per heavy atom. The minimum Gasteiger partial charge on any atom is -0.458 e. The first kappa shape index (κ1) is 24.5. The number of nitrogens with one attached hydrogen (secondary N) is 1. The average Bonchev–Trinajstić information content (AvgIpc) is 3.26. The number of amides is 2. The molecule has 1 unspecified atom stereocenters. The fraction of sp³-hybridized carbons (Fsp3) is 0.400. The summed E-state index contributed by atoms with van der Waals surface area (Å²) in [5.41, 5.74) is 6.85. The summed E-state index contributed by atoms with van der Waals surface area (Å²) < 4.78 is 5.70. The van der Waals surface area contributed by atoms with Gasteiger partial charge in [0, 0.05) is 38.4 Å². The first-order valence-electron chi connectivity index (χ1n) is 11.7. The van der Waals surface area contributed by atoms with E-state index >= 15 is 0 Å². The van der Waals surface area contributed by atoms with Crippen LogP contribution in [0.1, 0.15) is 19.6 Å². The molecule has 1 aliphatic rings. The van der Waals surface area contributed by atoms with E-state index in [9.17, 15) is 9.59 Å². The van der Waals surface area contributed by atoms with Crippen LogP contribution in [0.3, 0.4) is 0 Å². The molecular formula is C25H31N7O3. The number of aromatic nitrogens is 3. The van der Waals surface area contributed by atoms with Gasteiger partial charge in [0.1, 0.15) is 11.6 Å². The highest BCUT2D eigenvalue weighted by atomic mass is 16.3. The number of furan rings is 1. The fourth-order valence-electron chi connectivity index (χ4n) is 4.34. The Morgan fingerprint density at radius 3 is 2.46 bits per heavy atom. The van der Waals surface area contributed by atoms with Gasteiger partial charge in [0.2, 0.25) is 11.8 Å². The summed E-state index contributed by atoms with van der Waals surface area (Å²) in [4.78, 5) is 42.3. The van der Waals surface area contributed by atoms with Crippen LogP contribution in [0.5, 0.6) is 0 Å². The molecule has 4 heterocycles. The zero-order chi connectivity index (χ0) is 24.9. The lowest BCUT2D eigenvalue weighted by atomic mass is 10.0. The Bertz CT molecular complexity index is 1170.